The molecule has 0 spiro atoms. The van der Waals surface area contributed by atoms with Crippen LogP contribution in [0.15, 0.2) is 0 Å². The summed E-state index contributed by atoms with van der Waals surface area (Å²) in [6, 6.07) is 0.337. The second-order valence-electron chi connectivity index (χ2n) is 5.35. The highest BCUT2D eigenvalue weighted by Crippen LogP contribution is 2.28. The molecule has 0 aromatic carbocycles. The number of aliphatic hydroxyl groups excluding tert-OH is 1. The molecule has 15 heavy (non-hydrogen) atoms. The minimum absolute atomic E-state index is 0.126. The van der Waals surface area contributed by atoms with E-state index < -0.39 is 0 Å². The first-order valence-corrected chi connectivity index (χ1v) is 6.40. The van der Waals surface area contributed by atoms with Gasteiger partial charge in [-0.3, -0.25) is 4.90 Å². The van der Waals surface area contributed by atoms with Crippen molar-refractivity contribution in [1.29, 1.82) is 0 Å². The first kappa shape index (κ1) is 11.4. The van der Waals surface area contributed by atoms with Crippen LogP contribution in [-0.4, -0.2) is 41.8 Å². The Bertz CT molecular complexity index is 192. The lowest BCUT2D eigenvalue weighted by molar-refractivity contribution is 0.101. The lowest BCUT2D eigenvalue weighted by Gasteiger charge is -2.21. The van der Waals surface area contributed by atoms with Crippen molar-refractivity contribution in [3.8, 4) is 0 Å². The highest BCUT2D eigenvalue weighted by atomic mass is 16.3. The van der Waals surface area contributed by atoms with Gasteiger partial charge in [0.1, 0.15) is 0 Å². The molecule has 3 nitrogen and oxygen atoms in total. The average Bonchev–Trinajstić information content (AvgIpc) is 2.77. The molecule has 2 unspecified atom stereocenters. The van der Waals surface area contributed by atoms with Gasteiger partial charge in [0.2, 0.25) is 0 Å². The Morgan fingerprint density at radius 2 is 2.00 bits per heavy atom. The fourth-order valence-electron chi connectivity index (χ4n) is 3.03. The molecular weight excluding hydrogens is 188 g/mol. The van der Waals surface area contributed by atoms with Gasteiger partial charge < -0.3 is 10.8 Å². The van der Waals surface area contributed by atoms with Gasteiger partial charge in [0.15, 0.2) is 0 Å². The summed E-state index contributed by atoms with van der Waals surface area (Å²) in [5, 5.41) is 9.97. The van der Waals surface area contributed by atoms with E-state index in [1.807, 2.05) is 0 Å². The molecular formula is C12H24N2O. The largest absolute Gasteiger partial charge is 0.392 e. The van der Waals surface area contributed by atoms with Crippen LogP contribution in [0.4, 0.5) is 0 Å². The molecule has 3 heteroatoms. The summed E-state index contributed by atoms with van der Waals surface area (Å²) in [5.41, 5.74) is 5.84. The van der Waals surface area contributed by atoms with Crippen molar-refractivity contribution in [3.63, 3.8) is 0 Å². The predicted molar refractivity (Wildman–Crippen MR) is 61.6 cm³/mol. The molecule has 2 rings (SSSR count). The Labute approximate surface area is 92.6 Å². The summed E-state index contributed by atoms with van der Waals surface area (Å²) in [5.74, 6) is 0.788. The summed E-state index contributed by atoms with van der Waals surface area (Å²) >= 11 is 0. The van der Waals surface area contributed by atoms with Crippen molar-refractivity contribution in [2.75, 3.05) is 19.6 Å². The molecule has 0 amide bonds. The van der Waals surface area contributed by atoms with E-state index in [0.29, 0.717) is 6.04 Å². The van der Waals surface area contributed by atoms with Crippen LogP contribution in [0, 0.1) is 5.92 Å². The van der Waals surface area contributed by atoms with Crippen molar-refractivity contribution >= 4 is 0 Å². The first-order chi connectivity index (χ1) is 7.24. The third-order valence-electron chi connectivity index (χ3n) is 3.86. The van der Waals surface area contributed by atoms with Crippen LogP contribution in [0.2, 0.25) is 0 Å². The van der Waals surface area contributed by atoms with Crippen LogP contribution in [0.5, 0.6) is 0 Å². The van der Waals surface area contributed by atoms with Gasteiger partial charge in [0.25, 0.3) is 0 Å². The van der Waals surface area contributed by atoms with E-state index in [2.05, 4.69) is 4.90 Å². The van der Waals surface area contributed by atoms with Gasteiger partial charge in [0.05, 0.1) is 6.10 Å². The van der Waals surface area contributed by atoms with Gasteiger partial charge in [-0.05, 0) is 25.3 Å². The molecule has 3 N–H and O–H groups in total. The Balaban J connectivity index is 1.65. The third kappa shape index (κ3) is 3.44. The van der Waals surface area contributed by atoms with Crippen molar-refractivity contribution in [1.82, 2.24) is 4.90 Å². The fourth-order valence-corrected chi connectivity index (χ4v) is 3.03. The Morgan fingerprint density at radius 1 is 1.27 bits per heavy atom. The molecule has 2 atom stereocenters. The van der Waals surface area contributed by atoms with Crippen molar-refractivity contribution in [2.24, 2.45) is 11.7 Å². The quantitative estimate of drug-likeness (QED) is 0.730. The van der Waals surface area contributed by atoms with Gasteiger partial charge in [-0.2, -0.15) is 0 Å². The van der Waals surface area contributed by atoms with Crippen LogP contribution in [0.1, 0.15) is 38.5 Å². The van der Waals surface area contributed by atoms with E-state index in [0.717, 1.165) is 38.4 Å². The van der Waals surface area contributed by atoms with E-state index in [9.17, 15) is 5.11 Å². The third-order valence-corrected chi connectivity index (χ3v) is 3.86. The summed E-state index contributed by atoms with van der Waals surface area (Å²) < 4.78 is 0. The van der Waals surface area contributed by atoms with Crippen molar-refractivity contribution in [3.05, 3.63) is 0 Å². The van der Waals surface area contributed by atoms with E-state index >= 15 is 0 Å². The van der Waals surface area contributed by atoms with Crippen LogP contribution in [0.25, 0.3) is 0 Å². The predicted octanol–water partition coefficient (Wildman–Crippen LogP) is 0.961. The van der Waals surface area contributed by atoms with Gasteiger partial charge in [-0.1, -0.05) is 25.7 Å². The van der Waals surface area contributed by atoms with Gasteiger partial charge in [-0.15, -0.1) is 0 Å². The fraction of sp³-hybridized carbons (Fsp3) is 1.00. The van der Waals surface area contributed by atoms with Crippen molar-refractivity contribution in [2.45, 2.75) is 50.7 Å². The van der Waals surface area contributed by atoms with Gasteiger partial charge >= 0.3 is 0 Å². The van der Waals surface area contributed by atoms with Crippen LogP contribution in [-0.2, 0) is 0 Å². The second-order valence-corrected chi connectivity index (χ2v) is 5.35. The Hall–Kier alpha value is -0.120. The number of likely N-dealkylation sites (tertiary alicyclic amines) is 1. The molecule has 88 valence electrons. The zero-order valence-electron chi connectivity index (χ0n) is 9.57. The molecule has 0 aromatic rings. The number of β-amino-alcohol motifs (C(OH)–C–C–N with tert-alkyl or cyclic N) is 1. The SMILES string of the molecule is NC1CCN(CC(O)CC2CCCC2)C1. The standard InChI is InChI=1S/C12H24N2O/c13-11-5-6-14(8-11)9-12(15)7-10-3-1-2-4-10/h10-12,15H,1-9,13H2. The highest BCUT2D eigenvalue weighted by Gasteiger charge is 2.24. The molecule has 1 aliphatic carbocycles. The second kappa shape index (κ2) is 5.28. The molecule has 2 aliphatic rings. The van der Waals surface area contributed by atoms with Crippen molar-refractivity contribution < 1.29 is 5.11 Å². The lowest BCUT2D eigenvalue weighted by Crippen LogP contribution is -2.33. The van der Waals surface area contributed by atoms with Crippen LogP contribution in [0.3, 0.4) is 0 Å². The zero-order valence-corrected chi connectivity index (χ0v) is 9.57. The number of hydrogen-bond acceptors (Lipinski definition) is 3. The molecule has 1 heterocycles. The van der Waals surface area contributed by atoms with Crippen LogP contribution < -0.4 is 5.73 Å². The monoisotopic (exact) mass is 212 g/mol. The number of rotatable bonds is 4. The zero-order chi connectivity index (χ0) is 10.7. The smallest absolute Gasteiger partial charge is 0.0669 e. The van der Waals surface area contributed by atoms with Gasteiger partial charge in [0, 0.05) is 19.1 Å². The van der Waals surface area contributed by atoms with Gasteiger partial charge in [-0.25, -0.2) is 0 Å². The van der Waals surface area contributed by atoms with Crippen LogP contribution >= 0.6 is 0 Å². The molecule has 0 bridgehead atoms. The molecule has 1 saturated carbocycles. The topological polar surface area (TPSA) is 49.5 Å². The molecule has 2 fully saturated rings. The Kier molecular flexibility index (Phi) is 4.00. The molecule has 0 radical (unpaired) electrons. The minimum Gasteiger partial charge on any atom is -0.392 e. The normalized spacial score (nSPS) is 31.2. The van der Waals surface area contributed by atoms with E-state index in [4.69, 9.17) is 5.73 Å². The maximum Gasteiger partial charge on any atom is 0.0669 e. The highest BCUT2D eigenvalue weighted by molar-refractivity contribution is 4.80. The maximum atomic E-state index is 9.97. The summed E-state index contributed by atoms with van der Waals surface area (Å²) in [7, 11) is 0. The number of hydrogen-bond donors (Lipinski definition) is 2. The van der Waals surface area contributed by atoms with E-state index in [-0.39, 0.29) is 6.10 Å². The maximum absolute atomic E-state index is 9.97. The molecule has 1 saturated heterocycles. The number of aliphatic hydroxyl groups is 1. The minimum atomic E-state index is -0.126. The summed E-state index contributed by atoms with van der Waals surface area (Å²) in [4.78, 5) is 2.31. The first-order valence-electron chi connectivity index (χ1n) is 6.40. The van der Waals surface area contributed by atoms with E-state index in [1.165, 1.54) is 25.7 Å². The summed E-state index contributed by atoms with van der Waals surface area (Å²) in [6.07, 6.45) is 7.37. The van der Waals surface area contributed by atoms with E-state index in [1.54, 1.807) is 0 Å². The average molecular weight is 212 g/mol. The molecule has 0 aromatic heterocycles. The number of nitrogens with zero attached hydrogens (tertiary/aromatic N) is 1. The Morgan fingerprint density at radius 3 is 2.60 bits per heavy atom. The number of nitrogens with two attached hydrogens (primary N) is 1. The molecule has 1 aliphatic heterocycles. The lowest BCUT2D eigenvalue weighted by atomic mass is 10.00. The summed E-state index contributed by atoms with van der Waals surface area (Å²) in [6.45, 7) is 2.88.